The maximum Gasteiger partial charge on any atom is 0.246 e. The topological polar surface area (TPSA) is 97.5 Å². The van der Waals surface area contributed by atoms with E-state index in [1.807, 2.05) is 41.3 Å². The van der Waals surface area contributed by atoms with E-state index in [-0.39, 0.29) is 42.1 Å². The minimum Gasteiger partial charge on any atom is -0.493 e. The van der Waals surface area contributed by atoms with Gasteiger partial charge in [-0.3, -0.25) is 9.59 Å². The van der Waals surface area contributed by atoms with Gasteiger partial charge in [-0.15, -0.1) is 12.4 Å². The predicted molar refractivity (Wildman–Crippen MR) is 158 cm³/mol. The van der Waals surface area contributed by atoms with Crippen molar-refractivity contribution in [3.05, 3.63) is 59.7 Å². The van der Waals surface area contributed by atoms with E-state index >= 15 is 0 Å². The summed E-state index contributed by atoms with van der Waals surface area (Å²) in [5.74, 6) is 1.52. The molecule has 0 unspecified atom stereocenters. The highest BCUT2D eigenvalue weighted by atomic mass is 35.5. The highest BCUT2D eigenvalue weighted by Gasteiger charge is 2.44. The summed E-state index contributed by atoms with van der Waals surface area (Å²) in [6.07, 6.45) is 6.81. The Balaban J connectivity index is 0.00000370. The first kappa shape index (κ1) is 29.9. The summed E-state index contributed by atoms with van der Waals surface area (Å²) in [5.41, 5.74) is 9.42. The molecule has 0 aromatic heterocycles. The fourth-order valence-electron chi connectivity index (χ4n) is 6.35. The highest BCUT2D eigenvalue weighted by molar-refractivity contribution is 6.07. The minimum atomic E-state index is -0.518. The Kier molecular flexibility index (Phi) is 10.1. The Bertz CT molecular complexity index is 1200. The number of aryl methyl sites for hydroxylation is 1. The van der Waals surface area contributed by atoms with E-state index in [1.165, 1.54) is 5.56 Å². The van der Waals surface area contributed by atoms with Crippen molar-refractivity contribution in [2.24, 2.45) is 22.7 Å². The zero-order valence-corrected chi connectivity index (χ0v) is 24.3. The minimum absolute atomic E-state index is 0. The number of nitrogens with zero attached hydrogens (tertiary/aromatic N) is 3. The molecule has 2 amide bonds. The number of hydrazone groups is 1. The molecule has 0 spiro atoms. The molecule has 2 aliphatic heterocycles. The van der Waals surface area contributed by atoms with E-state index in [0.717, 1.165) is 43.4 Å². The molecular formula is C31H41ClN4O4. The first-order valence-corrected chi connectivity index (χ1v) is 14.2. The molecule has 1 saturated heterocycles. The standard InChI is InChI=1S/C31H40N4O4.ClH/c1-38-27-15-13-22(20-28(27)39-2)29-24-10-6-7-11-25(24)30(36)35(33-29)23-16-18-34(19-17-23)31(37)26(32)14-12-21-8-4-3-5-9-21;/h3-5,8-9,13,15,20,23-26H,6-7,10-12,14,16-19,32H2,1-2H3;1H/t24-,25+,26+;/m0./s1. The number of ether oxygens (including phenoxy) is 2. The lowest BCUT2D eigenvalue weighted by atomic mass is 9.73. The number of benzene rings is 2. The molecule has 1 saturated carbocycles. The van der Waals surface area contributed by atoms with Crippen molar-refractivity contribution in [3.8, 4) is 11.5 Å². The van der Waals surface area contributed by atoms with Crippen molar-refractivity contribution in [1.29, 1.82) is 0 Å². The summed E-state index contributed by atoms with van der Waals surface area (Å²) in [5, 5.41) is 6.76. The number of rotatable bonds is 8. The van der Waals surface area contributed by atoms with Gasteiger partial charge in [-0.2, -0.15) is 5.10 Å². The third kappa shape index (κ3) is 6.28. The van der Waals surface area contributed by atoms with Crippen LogP contribution in [-0.2, 0) is 16.0 Å². The number of methoxy groups -OCH3 is 2. The van der Waals surface area contributed by atoms with Gasteiger partial charge in [0.1, 0.15) is 0 Å². The van der Waals surface area contributed by atoms with Gasteiger partial charge in [0.25, 0.3) is 0 Å². The van der Waals surface area contributed by atoms with Crippen LogP contribution in [0.3, 0.4) is 0 Å². The molecule has 5 rings (SSSR count). The van der Waals surface area contributed by atoms with E-state index < -0.39 is 6.04 Å². The molecule has 1 aliphatic carbocycles. The Morgan fingerprint density at radius 2 is 1.65 bits per heavy atom. The molecule has 3 aliphatic rings. The lowest BCUT2D eigenvalue weighted by molar-refractivity contribution is -0.143. The van der Waals surface area contributed by atoms with Crippen LogP contribution >= 0.6 is 12.4 Å². The van der Waals surface area contributed by atoms with Crippen molar-refractivity contribution >= 4 is 29.9 Å². The van der Waals surface area contributed by atoms with E-state index in [9.17, 15) is 9.59 Å². The third-order valence-electron chi connectivity index (χ3n) is 8.58. The number of amides is 2. The fraction of sp³-hybridized carbons (Fsp3) is 0.516. The number of halogens is 1. The summed E-state index contributed by atoms with van der Waals surface area (Å²) >= 11 is 0. The van der Waals surface area contributed by atoms with Crippen LogP contribution in [0.4, 0.5) is 0 Å². The summed E-state index contributed by atoms with van der Waals surface area (Å²) in [4.78, 5) is 28.6. The molecule has 2 heterocycles. The molecule has 2 aromatic carbocycles. The van der Waals surface area contributed by atoms with Crippen molar-refractivity contribution in [2.75, 3.05) is 27.3 Å². The normalized spacial score (nSPS) is 22.1. The van der Waals surface area contributed by atoms with Crippen LogP contribution in [0.1, 0.15) is 56.1 Å². The third-order valence-corrected chi connectivity index (χ3v) is 8.58. The average Bonchev–Trinajstić information content (AvgIpc) is 3.00. The van der Waals surface area contributed by atoms with Crippen LogP contribution in [0.2, 0.25) is 0 Å². The van der Waals surface area contributed by atoms with Crippen molar-refractivity contribution in [2.45, 2.75) is 63.5 Å². The molecule has 2 aromatic rings. The van der Waals surface area contributed by atoms with Gasteiger partial charge in [-0.1, -0.05) is 43.2 Å². The summed E-state index contributed by atoms with van der Waals surface area (Å²) in [6.45, 7) is 1.17. The van der Waals surface area contributed by atoms with Crippen LogP contribution in [0.15, 0.2) is 53.6 Å². The first-order chi connectivity index (χ1) is 19.0. The van der Waals surface area contributed by atoms with Gasteiger partial charge in [0, 0.05) is 30.5 Å². The molecule has 40 heavy (non-hydrogen) atoms. The molecule has 8 nitrogen and oxygen atoms in total. The smallest absolute Gasteiger partial charge is 0.246 e. The van der Waals surface area contributed by atoms with Crippen LogP contribution in [0.25, 0.3) is 0 Å². The second kappa shape index (κ2) is 13.5. The number of likely N-dealkylation sites (tertiary alicyclic amines) is 1. The van der Waals surface area contributed by atoms with Crippen LogP contribution < -0.4 is 15.2 Å². The summed E-state index contributed by atoms with van der Waals surface area (Å²) < 4.78 is 11.0. The van der Waals surface area contributed by atoms with Gasteiger partial charge in [-0.05, 0) is 62.3 Å². The van der Waals surface area contributed by atoms with Gasteiger partial charge >= 0.3 is 0 Å². The molecule has 0 bridgehead atoms. The van der Waals surface area contributed by atoms with Gasteiger partial charge in [-0.25, -0.2) is 5.01 Å². The summed E-state index contributed by atoms with van der Waals surface area (Å²) in [7, 11) is 3.26. The van der Waals surface area contributed by atoms with E-state index in [2.05, 4.69) is 12.1 Å². The Morgan fingerprint density at radius 1 is 0.975 bits per heavy atom. The van der Waals surface area contributed by atoms with E-state index in [0.29, 0.717) is 43.9 Å². The second-order valence-electron chi connectivity index (χ2n) is 10.9. The van der Waals surface area contributed by atoms with Gasteiger partial charge in [0.2, 0.25) is 11.8 Å². The maximum absolute atomic E-state index is 13.7. The fourth-order valence-corrected chi connectivity index (χ4v) is 6.35. The Hall–Kier alpha value is -3.10. The van der Waals surface area contributed by atoms with Crippen molar-refractivity contribution in [1.82, 2.24) is 9.91 Å². The molecule has 3 atom stereocenters. The quantitative estimate of drug-likeness (QED) is 0.508. The Labute approximate surface area is 243 Å². The van der Waals surface area contributed by atoms with E-state index in [1.54, 1.807) is 19.2 Å². The monoisotopic (exact) mass is 568 g/mol. The van der Waals surface area contributed by atoms with Crippen LogP contribution in [0.5, 0.6) is 11.5 Å². The first-order valence-electron chi connectivity index (χ1n) is 14.2. The van der Waals surface area contributed by atoms with Gasteiger partial charge < -0.3 is 20.1 Å². The van der Waals surface area contributed by atoms with Crippen LogP contribution in [-0.4, -0.2) is 66.8 Å². The zero-order valence-electron chi connectivity index (χ0n) is 23.5. The number of carbonyl (C=O) groups is 2. The zero-order chi connectivity index (χ0) is 27.4. The number of hydrogen-bond donors (Lipinski definition) is 1. The highest BCUT2D eigenvalue weighted by Crippen LogP contribution is 2.40. The summed E-state index contributed by atoms with van der Waals surface area (Å²) in [6, 6.07) is 15.5. The van der Waals surface area contributed by atoms with Gasteiger partial charge in [0.15, 0.2) is 11.5 Å². The molecule has 0 radical (unpaired) electrons. The van der Waals surface area contributed by atoms with Crippen molar-refractivity contribution < 1.29 is 19.1 Å². The molecule has 2 N–H and O–H groups in total. The number of fused-ring (bicyclic) bond motifs is 1. The molecule has 9 heteroatoms. The number of hydrogen-bond acceptors (Lipinski definition) is 6. The van der Waals surface area contributed by atoms with Gasteiger partial charge in [0.05, 0.1) is 32.0 Å². The average molecular weight is 569 g/mol. The maximum atomic E-state index is 13.7. The molecule has 2 fully saturated rings. The molecular weight excluding hydrogens is 528 g/mol. The SMILES string of the molecule is COc1ccc(C2=NN(C3CCN(C(=O)[C@H](N)CCc4ccccc4)CC3)C(=O)[C@@H]3CCCC[C@H]23)cc1OC.Cl. The van der Waals surface area contributed by atoms with Crippen LogP contribution in [0, 0.1) is 11.8 Å². The largest absolute Gasteiger partial charge is 0.493 e. The number of nitrogens with two attached hydrogens (primary N) is 1. The lowest BCUT2D eigenvalue weighted by Crippen LogP contribution is -2.54. The second-order valence-corrected chi connectivity index (χ2v) is 10.9. The predicted octanol–water partition coefficient (Wildman–Crippen LogP) is 4.43. The Morgan fingerprint density at radius 3 is 2.33 bits per heavy atom. The molecule has 216 valence electrons. The lowest BCUT2D eigenvalue weighted by Gasteiger charge is -2.43. The number of piperidine rings is 1. The number of carbonyl (C=O) groups excluding carboxylic acids is 2. The van der Waals surface area contributed by atoms with Crippen molar-refractivity contribution in [3.63, 3.8) is 0 Å². The van der Waals surface area contributed by atoms with E-state index in [4.69, 9.17) is 20.3 Å².